The van der Waals surface area contributed by atoms with Gasteiger partial charge in [-0.2, -0.15) is 0 Å². The first kappa shape index (κ1) is 12.1. The van der Waals surface area contributed by atoms with Crippen LogP contribution >= 0.6 is 0 Å². The van der Waals surface area contributed by atoms with Crippen LogP contribution in [0.2, 0.25) is 0 Å². The first-order valence-electron chi connectivity index (χ1n) is 5.52. The van der Waals surface area contributed by atoms with Crippen molar-refractivity contribution in [3.63, 3.8) is 0 Å². The summed E-state index contributed by atoms with van der Waals surface area (Å²) in [7, 11) is 2.14. The van der Waals surface area contributed by atoms with E-state index in [-0.39, 0.29) is 0 Å². The third-order valence-corrected chi connectivity index (χ3v) is 2.94. The predicted octanol–water partition coefficient (Wildman–Crippen LogP) is 1.77. The standard InChI is InChI=1S/C12H21N3/c1-4-10(2)15(3)9-11-6-5-7-14-12(11)8-13/h5-7,10H,4,8-9,13H2,1-3H3. The van der Waals surface area contributed by atoms with E-state index in [1.54, 1.807) is 6.20 Å². The quantitative estimate of drug-likeness (QED) is 0.800. The lowest BCUT2D eigenvalue weighted by atomic mass is 10.1. The van der Waals surface area contributed by atoms with Crippen molar-refractivity contribution < 1.29 is 0 Å². The first-order valence-corrected chi connectivity index (χ1v) is 5.52. The van der Waals surface area contributed by atoms with Crippen molar-refractivity contribution in [2.24, 2.45) is 5.73 Å². The third-order valence-electron chi connectivity index (χ3n) is 2.94. The van der Waals surface area contributed by atoms with Gasteiger partial charge in [-0.15, -0.1) is 0 Å². The molecule has 1 atom stereocenters. The summed E-state index contributed by atoms with van der Waals surface area (Å²) in [6.45, 7) is 5.88. The zero-order valence-electron chi connectivity index (χ0n) is 9.90. The van der Waals surface area contributed by atoms with Gasteiger partial charge in [-0.3, -0.25) is 9.88 Å². The van der Waals surface area contributed by atoms with Crippen molar-refractivity contribution in [2.75, 3.05) is 7.05 Å². The van der Waals surface area contributed by atoms with Crippen molar-refractivity contribution >= 4 is 0 Å². The fourth-order valence-electron chi connectivity index (χ4n) is 1.54. The molecule has 0 aromatic carbocycles. The summed E-state index contributed by atoms with van der Waals surface area (Å²) in [6, 6.07) is 4.67. The van der Waals surface area contributed by atoms with Crippen molar-refractivity contribution in [1.82, 2.24) is 9.88 Å². The van der Waals surface area contributed by atoms with Crippen LogP contribution in [0.4, 0.5) is 0 Å². The minimum atomic E-state index is 0.518. The highest BCUT2D eigenvalue weighted by Gasteiger charge is 2.09. The average Bonchev–Trinajstić information content (AvgIpc) is 2.28. The SMILES string of the molecule is CCC(C)N(C)Cc1cccnc1CN. The lowest BCUT2D eigenvalue weighted by Gasteiger charge is -2.24. The summed E-state index contributed by atoms with van der Waals surface area (Å²) in [5, 5.41) is 0. The van der Waals surface area contributed by atoms with E-state index in [0.29, 0.717) is 12.6 Å². The van der Waals surface area contributed by atoms with Gasteiger partial charge in [-0.1, -0.05) is 13.0 Å². The lowest BCUT2D eigenvalue weighted by molar-refractivity contribution is 0.243. The second-order valence-corrected chi connectivity index (χ2v) is 3.99. The summed E-state index contributed by atoms with van der Waals surface area (Å²) in [5.41, 5.74) is 7.90. The molecule has 0 amide bonds. The van der Waals surface area contributed by atoms with Gasteiger partial charge >= 0.3 is 0 Å². The number of hydrogen-bond acceptors (Lipinski definition) is 3. The van der Waals surface area contributed by atoms with Gasteiger partial charge in [0.15, 0.2) is 0 Å². The van der Waals surface area contributed by atoms with Crippen LogP contribution in [-0.4, -0.2) is 23.0 Å². The second-order valence-electron chi connectivity index (χ2n) is 3.99. The van der Waals surface area contributed by atoms with Gasteiger partial charge < -0.3 is 5.73 Å². The smallest absolute Gasteiger partial charge is 0.0584 e. The Balaban J connectivity index is 2.71. The van der Waals surface area contributed by atoms with E-state index in [1.165, 1.54) is 5.56 Å². The Labute approximate surface area is 92.3 Å². The van der Waals surface area contributed by atoms with E-state index in [1.807, 2.05) is 6.07 Å². The molecule has 0 saturated heterocycles. The molecule has 1 unspecified atom stereocenters. The molecule has 0 saturated carbocycles. The number of aromatic nitrogens is 1. The maximum absolute atomic E-state index is 5.65. The molecule has 1 aromatic heterocycles. The summed E-state index contributed by atoms with van der Waals surface area (Å²) < 4.78 is 0. The maximum Gasteiger partial charge on any atom is 0.0584 e. The Morgan fingerprint density at radius 1 is 1.53 bits per heavy atom. The zero-order chi connectivity index (χ0) is 11.3. The molecule has 2 N–H and O–H groups in total. The first-order chi connectivity index (χ1) is 7.19. The van der Waals surface area contributed by atoms with Gasteiger partial charge in [0.25, 0.3) is 0 Å². The Morgan fingerprint density at radius 3 is 2.87 bits per heavy atom. The molecule has 3 heteroatoms. The van der Waals surface area contributed by atoms with E-state index in [2.05, 4.69) is 36.8 Å². The van der Waals surface area contributed by atoms with Gasteiger partial charge in [0.2, 0.25) is 0 Å². The normalized spacial score (nSPS) is 13.1. The van der Waals surface area contributed by atoms with E-state index in [4.69, 9.17) is 5.73 Å². The molecule has 0 radical (unpaired) electrons. The van der Waals surface area contributed by atoms with Crippen LogP contribution in [0.5, 0.6) is 0 Å². The Hall–Kier alpha value is -0.930. The molecule has 0 bridgehead atoms. The van der Waals surface area contributed by atoms with Crippen molar-refractivity contribution in [3.8, 4) is 0 Å². The van der Waals surface area contributed by atoms with Crippen molar-refractivity contribution in [1.29, 1.82) is 0 Å². The summed E-state index contributed by atoms with van der Waals surface area (Å²) in [6.07, 6.45) is 2.96. The number of pyridine rings is 1. The summed E-state index contributed by atoms with van der Waals surface area (Å²) >= 11 is 0. The minimum absolute atomic E-state index is 0.518. The van der Waals surface area contributed by atoms with E-state index in [0.717, 1.165) is 18.7 Å². The predicted molar refractivity (Wildman–Crippen MR) is 63.3 cm³/mol. The molecule has 0 fully saturated rings. The highest BCUT2D eigenvalue weighted by Crippen LogP contribution is 2.10. The highest BCUT2D eigenvalue weighted by molar-refractivity contribution is 5.19. The topological polar surface area (TPSA) is 42.2 Å². The Bertz CT molecular complexity index is 299. The lowest BCUT2D eigenvalue weighted by Crippen LogP contribution is -2.28. The molecular weight excluding hydrogens is 186 g/mol. The van der Waals surface area contributed by atoms with Gasteiger partial charge in [-0.25, -0.2) is 0 Å². The fraction of sp³-hybridized carbons (Fsp3) is 0.583. The van der Waals surface area contributed by atoms with Crippen LogP contribution in [0.25, 0.3) is 0 Å². The largest absolute Gasteiger partial charge is 0.325 e. The maximum atomic E-state index is 5.65. The molecule has 1 heterocycles. The van der Waals surface area contributed by atoms with Gasteiger partial charge in [0.1, 0.15) is 0 Å². The minimum Gasteiger partial charge on any atom is -0.325 e. The zero-order valence-corrected chi connectivity index (χ0v) is 9.90. The molecule has 0 aliphatic carbocycles. The number of nitrogens with zero attached hydrogens (tertiary/aromatic N) is 2. The molecule has 0 spiro atoms. The van der Waals surface area contributed by atoms with E-state index < -0.39 is 0 Å². The van der Waals surface area contributed by atoms with Crippen LogP contribution < -0.4 is 5.73 Å². The highest BCUT2D eigenvalue weighted by atomic mass is 15.1. The van der Waals surface area contributed by atoms with E-state index >= 15 is 0 Å². The van der Waals surface area contributed by atoms with Gasteiger partial charge in [-0.05, 0) is 32.0 Å². The summed E-state index contributed by atoms with van der Waals surface area (Å²) in [5.74, 6) is 0. The molecule has 84 valence electrons. The third kappa shape index (κ3) is 3.29. The molecule has 0 aliphatic heterocycles. The fourth-order valence-corrected chi connectivity index (χ4v) is 1.54. The second kappa shape index (κ2) is 5.83. The molecule has 0 aliphatic rings. The molecule has 3 nitrogen and oxygen atoms in total. The molecule has 15 heavy (non-hydrogen) atoms. The monoisotopic (exact) mass is 207 g/mol. The van der Waals surface area contributed by atoms with Gasteiger partial charge in [0, 0.05) is 25.3 Å². The van der Waals surface area contributed by atoms with Crippen molar-refractivity contribution in [3.05, 3.63) is 29.6 Å². The number of rotatable bonds is 5. The molecule has 1 rings (SSSR count). The van der Waals surface area contributed by atoms with Crippen molar-refractivity contribution in [2.45, 2.75) is 39.4 Å². The van der Waals surface area contributed by atoms with Crippen LogP contribution in [0.3, 0.4) is 0 Å². The number of nitrogens with two attached hydrogens (primary N) is 1. The number of hydrogen-bond donors (Lipinski definition) is 1. The Kier molecular flexibility index (Phi) is 4.72. The van der Waals surface area contributed by atoms with Crippen LogP contribution in [0.15, 0.2) is 18.3 Å². The van der Waals surface area contributed by atoms with Gasteiger partial charge in [0.05, 0.1) is 5.69 Å². The average molecular weight is 207 g/mol. The Morgan fingerprint density at radius 2 is 2.27 bits per heavy atom. The summed E-state index contributed by atoms with van der Waals surface area (Å²) in [4.78, 5) is 6.61. The van der Waals surface area contributed by atoms with Crippen LogP contribution in [-0.2, 0) is 13.1 Å². The molecule has 1 aromatic rings. The van der Waals surface area contributed by atoms with Crippen LogP contribution in [0, 0.1) is 0 Å². The van der Waals surface area contributed by atoms with E-state index in [9.17, 15) is 0 Å². The van der Waals surface area contributed by atoms with Crippen LogP contribution in [0.1, 0.15) is 31.5 Å². The molecular formula is C12H21N3.